The van der Waals surface area contributed by atoms with Gasteiger partial charge in [0.25, 0.3) is 5.91 Å². The van der Waals surface area contributed by atoms with E-state index < -0.39 is 11.3 Å². The molecule has 1 aromatic heterocycles. The average Bonchev–Trinajstić information content (AvgIpc) is 2.66. The van der Waals surface area contributed by atoms with Gasteiger partial charge in [-0.15, -0.1) is 0 Å². The van der Waals surface area contributed by atoms with Gasteiger partial charge in [-0.25, -0.2) is 0 Å². The third-order valence-corrected chi connectivity index (χ3v) is 4.58. The molecule has 0 unspecified atom stereocenters. The summed E-state index contributed by atoms with van der Waals surface area (Å²) in [5, 5.41) is 12.5. The SMILES string of the molecule is O=C(NCCNC(=O)C1CCCCC1)c1n[nH]c2ccccc2c1=O. The van der Waals surface area contributed by atoms with E-state index in [0.29, 0.717) is 17.4 Å². The lowest BCUT2D eigenvalue weighted by molar-refractivity contribution is -0.125. The highest BCUT2D eigenvalue weighted by Gasteiger charge is 2.20. The molecule has 3 N–H and O–H groups in total. The minimum Gasteiger partial charge on any atom is -0.354 e. The van der Waals surface area contributed by atoms with E-state index >= 15 is 0 Å². The van der Waals surface area contributed by atoms with Crippen molar-refractivity contribution in [3.05, 3.63) is 40.2 Å². The first-order valence-corrected chi connectivity index (χ1v) is 8.70. The number of amides is 2. The zero-order valence-electron chi connectivity index (χ0n) is 14.0. The highest BCUT2D eigenvalue weighted by atomic mass is 16.2. The maximum Gasteiger partial charge on any atom is 0.275 e. The second-order valence-corrected chi connectivity index (χ2v) is 6.33. The average molecular weight is 342 g/mol. The second kappa shape index (κ2) is 7.92. The standard InChI is InChI=1S/C18H22N4O3/c23-16-13-8-4-5-9-14(13)21-22-15(16)18(25)20-11-10-19-17(24)12-6-2-1-3-7-12/h4-5,8-9,12H,1-3,6-7,10-11H2,(H,19,24)(H,20,25)(H,21,23). The van der Waals surface area contributed by atoms with E-state index in [9.17, 15) is 14.4 Å². The Morgan fingerprint density at radius 1 is 1.08 bits per heavy atom. The van der Waals surface area contributed by atoms with E-state index in [1.165, 1.54) is 6.42 Å². The molecule has 132 valence electrons. The van der Waals surface area contributed by atoms with Gasteiger partial charge in [-0.1, -0.05) is 31.4 Å². The van der Waals surface area contributed by atoms with Crippen molar-refractivity contribution < 1.29 is 9.59 Å². The van der Waals surface area contributed by atoms with Gasteiger partial charge in [0.1, 0.15) is 0 Å². The molecule has 0 aliphatic heterocycles. The number of nitrogens with one attached hydrogen (secondary N) is 3. The molecule has 0 saturated heterocycles. The van der Waals surface area contributed by atoms with Crippen LogP contribution in [-0.4, -0.2) is 35.1 Å². The number of fused-ring (bicyclic) bond motifs is 1. The molecule has 1 aliphatic carbocycles. The Bertz CT molecular complexity index is 824. The maximum atomic E-state index is 12.3. The molecule has 1 aromatic carbocycles. The summed E-state index contributed by atoms with van der Waals surface area (Å²) >= 11 is 0. The molecule has 1 saturated carbocycles. The Morgan fingerprint density at radius 2 is 1.80 bits per heavy atom. The fourth-order valence-electron chi connectivity index (χ4n) is 3.18. The van der Waals surface area contributed by atoms with Crippen LogP contribution >= 0.6 is 0 Å². The molecule has 7 heteroatoms. The number of aromatic nitrogens is 2. The highest BCUT2D eigenvalue weighted by molar-refractivity contribution is 5.95. The minimum atomic E-state index is -0.543. The number of rotatable bonds is 5. The van der Waals surface area contributed by atoms with E-state index in [0.717, 1.165) is 25.7 Å². The van der Waals surface area contributed by atoms with Gasteiger partial charge in [-0.3, -0.25) is 19.5 Å². The van der Waals surface area contributed by atoms with E-state index in [1.807, 2.05) is 0 Å². The summed E-state index contributed by atoms with van der Waals surface area (Å²) in [5.41, 5.74) is 0.0131. The van der Waals surface area contributed by atoms with Crippen molar-refractivity contribution in [2.75, 3.05) is 13.1 Å². The molecule has 25 heavy (non-hydrogen) atoms. The summed E-state index contributed by atoms with van der Waals surface area (Å²) in [6, 6.07) is 6.90. The van der Waals surface area contributed by atoms with Crippen LogP contribution in [0.5, 0.6) is 0 Å². The van der Waals surface area contributed by atoms with Crippen LogP contribution in [0.15, 0.2) is 29.1 Å². The van der Waals surface area contributed by atoms with Gasteiger partial charge in [0.15, 0.2) is 5.69 Å². The first-order valence-electron chi connectivity index (χ1n) is 8.70. The number of hydrogen-bond acceptors (Lipinski definition) is 4. The van der Waals surface area contributed by atoms with Crippen molar-refractivity contribution in [3.63, 3.8) is 0 Å². The van der Waals surface area contributed by atoms with Crippen LogP contribution in [-0.2, 0) is 4.79 Å². The number of aromatic amines is 1. The zero-order valence-corrected chi connectivity index (χ0v) is 14.0. The van der Waals surface area contributed by atoms with Crippen molar-refractivity contribution in [3.8, 4) is 0 Å². The van der Waals surface area contributed by atoms with Gasteiger partial charge in [0, 0.05) is 24.4 Å². The van der Waals surface area contributed by atoms with Crippen LogP contribution in [0.25, 0.3) is 10.9 Å². The van der Waals surface area contributed by atoms with E-state index in [4.69, 9.17) is 0 Å². The first-order chi connectivity index (χ1) is 12.2. The zero-order chi connectivity index (χ0) is 17.6. The third kappa shape index (κ3) is 4.04. The smallest absolute Gasteiger partial charge is 0.275 e. The summed E-state index contributed by atoms with van der Waals surface area (Å²) in [6.07, 6.45) is 5.28. The fourth-order valence-corrected chi connectivity index (χ4v) is 3.18. The Morgan fingerprint density at radius 3 is 2.60 bits per heavy atom. The number of hydrogen-bond donors (Lipinski definition) is 3. The van der Waals surface area contributed by atoms with Crippen molar-refractivity contribution in [1.29, 1.82) is 0 Å². The van der Waals surface area contributed by atoms with Crippen LogP contribution in [0.3, 0.4) is 0 Å². The molecular formula is C18H22N4O3. The lowest BCUT2D eigenvalue weighted by Crippen LogP contribution is -2.39. The molecule has 2 aromatic rings. The quantitative estimate of drug-likeness (QED) is 0.714. The molecule has 7 nitrogen and oxygen atoms in total. The largest absolute Gasteiger partial charge is 0.354 e. The van der Waals surface area contributed by atoms with Crippen LogP contribution in [0.2, 0.25) is 0 Å². The normalized spacial score (nSPS) is 15.0. The van der Waals surface area contributed by atoms with E-state index in [2.05, 4.69) is 20.8 Å². The molecular weight excluding hydrogens is 320 g/mol. The molecule has 0 atom stereocenters. The molecule has 2 amide bonds. The summed E-state index contributed by atoms with van der Waals surface area (Å²) in [6.45, 7) is 0.595. The third-order valence-electron chi connectivity index (χ3n) is 4.58. The van der Waals surface area contributed by atoms with Gasteiger partial charge in [0.05, 0.1) is 5.52 Å². The predicted molar refractivity (Wildman–Crippen MR) is 94.3 cm³/mol. The Balaban J connectivity index is 1.52. The second-order valence-electron chi connectivity index (χ2n) is 6.33. The van der Waals surface area contributed by atoms with Gasteiger partial charge in [-0.05, 0) is 25.0 Å². The van der Waals surface area contributed by atoms with Crippen LogP contribution < -0.4 is 16.1 Å². The fraction of sp³-hybridized carbons (Fsp3) is 0.444. The van der Waals surface area contributed by atoms with Crippen molar-refractivity contribution >= 4 is 22.7 Å². The summed E-state index contributed by atoms with van der Waals surface area (Å²) in [5.74, 6) is -0.399. The summed E-state index contributed by atoms with van der Waals surface area (Å²) in [7, 11) is 0. The van der Waals surface area contributed by atoms with E-state index in [-0.39, 0.29) is 24.1 Å². The maximum absolute atomic E-state index is 12.3. The molecule has 0 spiro atoms. The predicted octanol–water partition coefficient (Wildman–Crippen LogP) is 1.35. The Kier molecular flexibility index (Phi) is 5.42. The van der Waals surface area contributed by atoms with Crippen LogP contribution in [0.1, 0.15) is 42.6 Å². The molecule has 0 radical (unpaired) electrons. The van der Waals surface area contributed by atoms with Crippen molar-refractivity contribution in [2.45, 2.75) is 32.1 Å². The van der Waals surface area contributed by atoms with Gasteiger partial charge in [-0.2, -0.15) is 5.10 Å². The van der Waals surface area contributed by atoms with E-state index in [1.54, 1.807) is 24.3 Å². The summed E-state index contributed by atoms with van der Waals surface area (Å²) < 4.78 is 0. The topological polar surface area (TPSA) is 104 Å². The lowest BCUT2D eigenvalue weighted by Gasteiger charge is -2.20. The Hall–Kier alpha value is -2.70. The van der Waals surface area contributed by atoms with Gasteiger partial charge < -0.3 is 10.6 Å². The monoisotopic (exact) mass is 342 g/mol. The number of H-pyrrole nitrogens is 1. The number of para-hydroxylation sites is 1. The number of carbonyl (C=O) groups excluding carboxylic acids is 2. The summed E-state index contributed by atoms with van der Waals surface area (Å²) in [4.78, 5) is 36.5. The Labute approximate surface area is 145 Å². The molecule has 3 rings (SSSR count). The molecule has 1 fully saturated rings. The van der Waals surface area contributed by atoms with Crippen molar-refractivity contribution in [2.24, 2.45) is 5.92 Å². The first kappa shape index (κ1) is 17.1. The molecule has 1 heterocycles. The highest BCUT2D eigenvalue weighted by Crippen LogP contribution is 2.23. The van der Waals surface area contributed by atoms with Crippen LogP contribution in [0.4, 0.5) is 0 Å². The number of nitrogens with zero attached hydrogens (tertiary/aromatic N) is 1. The van der Waals surface area contributed by atoms with Crippen molar-refractivity contribution in [1.82, 2.24) is 20.8 Å². The lowest BCUT2D eigenvalue weighted by atomic mass is 9.89. The minimum absolute atomic E-state index is 0.0515. The van der Waals surface area contributed by atoms with Gasteiger partial charge in [0.2, 0.25) is 11.3 Å². The number of carbonyl (C=O) groups is 2. The molecule has 0 bridgehead atoms. The number of benzene rings is 1. The molecule has 1 aliphatic rings. The van der Waals surface area contributed by atoms with Gasteiger partial charge >= 0.3 is 0 Å². The van der Waals surface area contributed by atoms with Crippen LogP contribution in [0, 0.1) is 5.92 Å².